The molecule has 0 heterocycles. The van der Waals surface area contributed by atoms with Crippen LogP contribution in [0.2, 0.25) is 0 Å². The van der Waals surface area contributed by atoms with E-state index >= 15 is 0 Å². The van der Waals surface area contributed by atoms with Crippen molar-refractivity contribution in [2.24, 2.45) is 23.7 Å². The Hall–Kier alpha value is -3.12. The summed E-state index contributed by atoms with van der Waals surface area (Å²) in [6.45, 7) is 22.2. The van der Waals surface area contributed by atoms with Gasteiger partial charge in [-0.15, -0.1) is 0 Å². The van der Waals surface area contributed by atoms with Gasteiger partial charge in [0.05, 0.1) is 0 Å². The highest BCUT2D eigenvalue weighted by Crippen LogP contribution is 2.47. The van der Waals surface area contributed by atoms with Gasteiger partial charge in [-0.25, -0.2) is 0 Å². The van der Waals surface area contributed by atoms with E-state index in [9.17, 15) is 0 Å². The van der Waals surface area contributed by atoms with Crippen LogP contribution >= 0.6 is 0 Å². The van der Waals surface area contributed by atoms with Gasteiger partial charge >= 0.3 is 0 Å². The van der Waals surface area contributed by atoms with E-state index in [0.29, 0.717) is 23.7 Å². The Bertz CT molecular complexity index is 1110. The molecule has 0 bridgehead atoms. The second-order valence-corrected chi connectivity index (χ2v) is 12.9. The van der Waals surface area contributed by atoms with Gasteiger partial charge < -0.3 is 0 Å². The fraction of sp³-hybridized carbons (Fsp3) is 0.400. The van der Waals surface area contributed by atoms with Gasteiger partial charge in [0.1, 0.15) is 0 Å². The third-order valence-corrected chi connectivity index (χ3v) is 6.53. The Kier molecular flexibility index (Phi) is 13.9. The lowest BCUT2D eigenvalue weighted by molar-refractivity contribution is 0.564. The molecule has 0 aliphatic heterocycles. The molecule has 4 aromatic rings. The molecule has 0 amide bonds. The molecule has 40 heavy (non-hydrogen) atoms. The fourth-order valence-corrected chi connectivity index (χ4v) is 5.20. The highest BCUT2D eigenvalue weighted by Gasteiger charge is 2.29. The van der Waals surface area contributed by atoms with Gasteiger partial charge in [-0.3, -0.25) is 0 Å². The fourth-order valence-electron chi connectivity index (χ4n) is 5.20. The van der Waals surface area contributed by atoms with Gasteiger partial charge in [-0.1, -0.05) is 178 Å². The number of benzene rings is 4. The molecule has 0 fully saturated rings. The van der Waals surface area contributed by atoms with Crippen molar-refractivity contribution >= 4 is 0 Å². The summed E-state index contributed by atoms with van der Waals surface area (Å²) in [4.78, 5) is 0. The van der Waals surface area contributed by atoms with Crippen LogP contribution in [0, 0.1) is 23.7 Å². The lowest BCUT2D eigenvalue weighted by Crippen LogP contribution is -2.08. The van der Waals surface area contributed by atoms with Crippen LogP contribution in [0.25, 0.3) is 11.1 Å². The zero-order valence-corrected chi connectivity index (χ0v) is 26.9. The molecule has 1 aliphatic carbocycles. The molecule has 0 saturated carbocycles. The average molecular weight is 535 g/mol. The lowest BCUT2D eigenvalue weighted by Gasteiger charge is -2.21. The Morgan fingerprint density at radius 2 is 0.700 bits per heavy atom. The van der Waals surface area contributed by atoms with Crippen LogP contribution in [-0.4, -0.2) is 0 Å². The van der Waals surface area contributed by atoms with Crippen molar-refractivity contribution in [3.05, 3.63) is 131 Å². The van der Waals surface area contributed by atoms with Gasteiger partial charge in [0.15, 0.2) is 0 Å². The number of hydrogen-bond acceptors (Lipinski definition) is 0. The molecule has 0 spiro atoms. The molecule has 0 N–H and O–H groups in total. The predicted molar refractivity (Wildman–Crippen MR) is 179 cm³/mol. The Morgan fingerprint density at radius 3 is 1.00 bits per heavy atom. The first-order valence-electron chi connectivity index (χ1n) is 15.3. The van der Waals surface area contributed by atoms with Gasteiger partial charge in [-0.05, 0) is 57.1 Å². The first-order valence-corrected chi connectivity index (χ1v) is 15.3. The van der Waals surface area contributed by atoms with E-state index < -0.39 is 0 Å². The first-order chi connectivity index (χ1) is 19.0. The number of rotatable bonds is 4. The summed E-state index contributed by atoms with van der Waals surface area (Å²) >= 11 is 0. The normalized spacial score (nSPS) is 11.8. The van der Waals surface area contributed by atoms with Crippen molar-refractivity contribution in [2.45, 2.75) is 81.1 Å². The topological polar surface area (TPSA) is 0 Å². The van der Waals surface area contributed by atoms with Crippen LogP contribution in [0.15, 0.2) is 109 Å². The third kappa shape index (κ3) is 10.1. The minimum atomic E-state index is 0.502. The molecule has 0 aromatic heterocycles. The summed E-state index contributed by atoms with van der Waals surface area (Å²) in [6.07, 6.45) is 0. The highest BCUT2D eigenvalue weighted by molar-refractivity contribution is 5.78. The Labute approximate surface area is 246 Å². The molecule has 4 aromatic carbocycles. The van der Waals surface area contributed by atoms with E-state index in [-0.39, 0.29) is 0 Å². The van der Waals surface area contributed by atoms with Gasteiger partial charge in [0.25, 0.3) is 0 Å². The molecule has 0 saturated heterocycles. The molecular weight excluding hydrogens is 480 g/mol. The molecule has 0 unspecified atom stereocenters. The molecule has 1 aliphatic rings. The Morgan fingerprint density at radius 1 is 0.400 bits per heavy atom. The quantitative estimate of drug-likeness (QED) is 0.244. The largest absolute Gasteiger partial charge is 0.0630 e. The van der Waals surface area contributed by atoms with Crippen molar-refractivity contribution < 1.29 is 0 Å². The summed E-state index contributed by atoms with van der Waals surface area (Å²) in [5.74, 6) is 4.02. The van der Waals surface area contributed by atoms with Crippen molar-refractivity contribution in [2.75, 3.05) is 0 Å². The van der Waals surface area contributed by atoms with Crippen LogP contribution < -0.4 is 0 Å². The monoisotopic (exact) mass is 534 g/mol. The van der Waals surface area contributed by atoms with Crippen molar-refractivity contribution in [3.8, 4) is 11.1 Å². The first kappa shape index (κ1) is 33.1. The lowest BCUT2D eigenvalue weighted by atomic mass is 9.83. The van der Waals surface area contributed by atoms with Crippen LogP contribution in [0.1, 0.15) is 103 Å². The molecule has 5 rings (SSSR count). The number of hydrogen-bond donors (Lipinski definition) is 0. The highest BCUT2D eigenvalue weighted by atomic mass is 14.3. The molecular formula is C40H54. The zero-order chi connectivity index (χ0) is 29.7. The van der Waals surface area contributed by atoms with Crippen LogP contribution in [0.4, 0.5) is 0 Å². The second-order valence-electron chi connectivity index (χ2n) is 12.9. The second kappa shape index (κ2) is 16.9. The molecule has 0 heteroatoms. The maximum Gasteiger partial charge on any atom is 0.0125 e. The molecule has 214 valence electrons. The third-order valence-electron chi connectivity index (χ3n) is 6.53. The van der Waals surface area contributed by atoms with Crippen molar-refractivity contribution in [3.63, 3.8) is 0 Å². The van der Waals surface area contributed by atoms with Crippen LogP contribution in [0.5, 0.6) is 0 Å². The maximum absolute atomic E-state index is 2.31. The van der Waals surface area contributed by atoms with Gasteiger partial charge in [0.2, 0.25) is 0 Å². The Balaban J connectivity index is 0.000000222. The molecule has 0 nitrogen and oxygen atoms in total. The predicted octanol–water partition coefficient (Wildman–Crippen LogP) is 12.3. The molecule has 0 atom stereocenters. The average Bonchev–Trinajstić information content (AvgIpc) is 3.24. The van der Waals surface area contributed by atoms with Crippen molar-refractivity contribution in [1.82, 2.24) is 0 Å². The summed E-state index contributed by atoms with van der Waals surface area (Å²) < 4.78 is 0. The van der Waals surface area contributed by atoms with Crippen LogP contribution in [0.3, 0.4) is 0 Å². The van der Waals surface area contributed by atoms with E-state index in [1.54, 1.807) is 0 Å². The van der Waals surface area contributed by atoms with E-state index in [1.807, 2.05) is 0 Å². The number of fused-ring (bicyclic) bond motifs is 3. The minimum Gasteiger partial charge on any atom is -0.0630 e. The smallest absolute Gasteiger partial charge is 0.0125 e. The standard InChI is InChI=1S/C16H16.C16H18.2C4H10/c1-11(2)16-14-9-5-3-7-12(14)13-8-4-6-10-15(13)16;1-13(2)16(14-9-5-3-6-10-14)15-11-7-4-8-12-15;2*1-4(2)3/h3-11,16H,1-2H3;3-13,16H,1-2H3;2*4H,1-3H3. The van der Waals surface area contributed by atoms with Crippen LogP contribution in [-0.2, 0) is 0 Å². The summed E-state index contributed by atoms with van der Waals surface area (Å²) in [5.41, 5.74) is 8.67. The van der Waals surface area contributed by atoms with Gasteiger partial charge in [0, 0.05) is 11.8 Å². The SMILES string of the molecule is CC(C)C.CC(C)C.CC(C)C(c1ccccc1)c1ccccc1.CC(C)C1c2ccccc2-c2ccccc21. The summed E-state index contributed by atoms with van der Waals surface area (Å²) in [5, 5.41) is 0. The molecule has 0 radical (unpaired) electrons. The summed E-state index contributed by atoms with van der Waals surface area (Å²) in [6, 6.07) is 39.1. The van der Waals surface area contributed by atoms with E-state index in [1.165, 1.54) is 33.4 Å². The minimum absolute atomic E-state index is 0.502. The van der Waals surface area contributed by atoms with Crippen molar-refractivity contribution in [1.29, 1.82) is 0 Å². The maximum atomic E-state index is 2.31. The van der Waals surface area contributed by atoms with E-state index in [0.717, 1.165) is 11.8 Å². The zero-order valence-electron chi connectivity index (χ0n) is 26.9. The van der Waals surface area contributed by atoms with E-state index in [4.69, 9.17) is 0 Å². The van der Waals surface area contributed by atoms with Gasteiger partial charge in [-0.2, -0.15) is 0 Å². The van der Waals surface area contributed by atoms with E-state index in [2.05, 4.69) is 178 Å². The summed E-state index contributed by atoms with van der Waals surface area (Å²) in [7, 11) is 0.